The van der Waals surface area contributed by atoms with E-state index >= 15 is 0 Å². The summed E-state index contributed by atoms with van der Waals surface area (Å²) < 4.78 is 45.5. The monoisotopic (exact) mass is 530 g/mol. The van der Waals surface area contributed by atoms with Crippen LogP contribution in [0, 0.1) is 5.92 Å². The van der Waals surface area contributed by atoms with Crippen molar-refractivity contribution in [3.63, 3.8) is 0 Å². The molecule has 3 aromatic heterocycles. The standard InChI is InChI=1S/C24H27F3N6O.C4H10/c1-6-7-16(24(25,26)27)20(28)17-10-9-15-21(32-19(13-34-5)33-22(15)31-17)30-14-8-11-18(29-12-14)23(2,3)4;1-4(2)3/h6-12H,13,28H2,1-5H3,(H,30,31,32,33);4H,1-3H3/b7-6-,20-16+;. The number of methoxy groups -OCH3 is 1. The molecule has 0 unspecified atom stereocenters. The van der Waals surface area contributed by atoms with Gasteiger partial charge in [-0.3, -0.25) is 4.98 Å². The van der Waals surface area contributed by atoms with E-state index in [2.05, 4.69) is 66.8 Å². The molecule has 3 heterocycles. The van der Waals surface area contributed by atoms with E-state index in [0.717, 1.165) is 17.7 Å². The fourth-order valence-corrected chi connectivity index (χ4v) is 3.18. The molecule has 0 spiro atoms. The Morgan fingerprint density at radius 3 is 2.21 bits per heavy atom. The van der Waals surface area contributed by atoms with Crippen molar-refractivity contribution in [3.8, 4) is 0 Å². The van der Waals surface area contributed by atoms with Crippen LogP contribution in [-0.2, 0) is 16.8 Å². The molecule has 0 amide bonds. The van der Waals surface area contributed by atoms with Crippen molar-refractivity contribution in [1.82, 2.24) is 19.9 Å². The molecule has 0 aliphatic rings. The smallest absolute Gasteiger partial charge is 0.396 e. The summed E-state index contributed by atoms with van der Waals surface area (Å²) in [6.45, 7) is 14.3. The van der Waals surface area contributed by atoms with E-state index in [4.69, 9.17) is 10.5 Å². The first kappa shape index (κ1) is 30.7. The first-order valence-electron chi connectivity index (χ1n) is 12.3. The second-order valence-electron chi connectivity index (χ2n) is 10.4. The molecule has 0 atom stereocenters. The van der Waals surface area contributed by atoms with Crippen molar-refractivity contribution in [2.24, 2.45) is 11.7 Å². The normalized spacial score (nSPS) is 12.9. The number of nitrogens with one attached hydrogen (secondary N) is 1. The number of nitrogens with zero attached hydrogens (tertiary/aromatic N) is 4. The topological polar surface area (TPSA) is 98.8 Å². The number of hydrogen-bond acceptors (Lipinski definition) is 7. The molecule has 0 aromatic carbocycles. The number of ether oxygens (including phenoxy) is 1. The molecule has 10 heteroatoms. The van der Waals surface area contributed by atoms with Gasteiger partial charge in [0.15, 0.2) is 11.5 Å². The lowest BCUT2D eigenvalue weighted by atomic mass is 9.92. The fraction of sp³-hybridized carbons (Fsp3) is 0.429. The summed E-state index contributed by atoms with van der Waals surface area (Å²) in [6.07, 6.45) is -0.742. The van der Waals surface area contributed by atoms with E-state index in [-0.39, 0.29) is 23.4 Å². The maximum absolute atomic E-state index is 13.5. The maximum Gasteiger partial charge on any atom is 0.418 e. The van der Waals surface area contributed by atoms with Crippen molar-refractivity contribution >= 4 is 28.2 Å². The number of rotatable bonds is 6. The molecular weight excluding hydrogens is 493 g/mol. The SMILES string of the molecule is C/C=C\C(=C(/N)c1ccc2c(Nc3ccc(C(C)(C)C)nc3)nc(COC)nc2n1)C(F)(F)F.CC(C)C. The molecule has 7 nitrogen and oxygen atoms in total. The molecule has 0 saturated heterocycles. The molecular formula is C28H37F3N6O. The number of nitrogens with two attached hydrogens (primary N) is 1. The van der Waals surface area contributed by atoms with Crippen LogP contribution in [0.4, 0.5) is 24.7 Å². The Morgan fingerprint density at radius 1 is 1.05 bits per heavy atom. The lowest BCUT2D eigenvalue weighted by Gasteiger charge is -2.18. The van der Waals surface area contributed by atoms with Crippen LogP contribution in [-0.4, -0.2) is 33.2 Å². The molecule has 206 valence electrons. The Kier molecular flexibility index (Phi) is 10.4. The van der Waals surface area contributed by atoms with E-state index in [1.54, 1.807) is 12.3 Å². The van der Waals surface area contributed by atoms with E-state index in [1.165, 1.54) is 26.2 Å². The number of pyridine rings is 2. The minimum absolute atomic E-state index is 0.0397. The van der Waals surface area contributed by atoms with E-state index in [0.29, 0.717) is 22.7 Å². The van der Waals surface area contributed by atoms with E-state index in [9.17, 15) is 13.2 Å². The molecule has 3 aromatic rings. The van der Waals surface area contributed by atoms with Crippen molar-refractivity contribution in [2.75, 3.05) is 12.4 Å². The molecule has 3 rings (SSSR count). The number of hydrogen-bond donors (Lipinski definition) is 2. The van der Waals surface area contributed by atoms with Crippen LogP contribution in [0.5, 0.6) is 0 Å². The highest BCUT2D eigenvalue weighted by Crippen LogP contribution is 2.32. The van der Waals surface area contributed by atoms with Gasteiger partial charge >= 0.3 is 6.18 Å². The van der Waals surface area contributed by atoms with Gasteiger partial charge in [0, 0.05) is 18.2 Å². The molecule has 0 radical (unpaired) electrons. The van der Waals surface area contributed by atoms with Crippen molar-refractivity contribution in [3.05, 3.63) is 65.4 Å². The predicted octanol–water partition coefficient (Wildman–Crippen LogP) is 7.08. The Balaban J connectivity index is 0.00000118. The Labute approximate surface area is 222 Å². The average Bonchev–Trinajstić information content (AvgIpc) is 2.80. The maximum atomic E-state index is 13.5. The Hall–Kier alpha value is -3.53. The van der Waals surface area contributed by atoms with Crippen molar-refractivity contribution < 1.29 is 17.9 Å². The van der Waals surface area contributed by atoms with Crippen LogP contribution in [0.15, 0.2) is 48.2 Å². The third-order valence-corrected chi connectivity index (χ3v) is 4.88. The van der Waals surface area contributed by atoms with Gasteiger partial charge in [0.2, 0.25) is 0 Å². The van der Waals surface area contributed by atoms with Crippen LogP contribution in [0.3, 0.4) is 0 Å². The average molecular weight is 531 g/mol. The van der Waals surface area contributed by atoms with Crippen LogP contribution in [0.25, 0.3) is 16.7 Å². The molecule has 0 fully saturated rings. The number of halogens is 3. The summed E-state index contributed by atoms with van der Waals surface area (Å²) in [5.41, 5.74) is 6.07. The molecule has 0 saturated carbocycles. The fourth-order valence-electron chi connectivity index (χ4n) is 3.18. The lowest BCUT2D eigenvalue weighted by Crippen LogP contribution is -2.16. The number of fused-ring (bicyclic) bond motifs is 1. The van der Waals surface area contributed by atoms with Gasteiger partial charge in [0.05, 0.1) is 34.2 Å². The summed E-state index contributed by atoms with van der Waals surface area (Å²) in [5.74, 6) is 1.57. The quantitative estimate of drug-likeness (QED) is 0.329. The minimum Gasteiger partial charge on any atom is -0.396 e. The summed E-state index contributed by atoms with van der Waals surface area (Å²) in [4.78, 5) is 17.6. The van der Waals surface area contributed by atoms with Crippen LogP contribution in [0.2, 0.25) is 0 Å². The first-order chi connectivity index (χ1) is 17.7. The molecule has 0 bridgehead atoms. The number of allylic oxidation sites excluding steroid dienone is 3. The summed E-state index contributed by atoms with van der Waals surface area (Å²) in [6, 6.07) is 6.80. The second-order valence-corrected chi connectivity index (χ2v) is 10.4. The van der Waals surface area contributed by atoms with Crippen molar-refractivity contribution in [2.45, 2.75) is 66.7 Å². The lowest BCUT2D eigenvalue weighted by molar-refractivity contribution is -0.0877. The van der Waals surface area contributed by atoms with Gasteiger partial charge in [-0.2, -0.15) is 13.2 Å². The van der Waals surface area contributed by atoms with Crippen LogP contribution < -0.4 is 11.1 Å². The van der Waals surface area contributed by atoms with Gasteiger partial charge in [0.1, 0.15) is 12.4 Å². The van der Waals surface area contributed by atoms with Gasteiger partial charge in [-0.1, -0.05) is 53.7 Å². The van der Waals surface area contributed by atoms with Gasteiger partial charge in [-0.05, 0) is 37.1 Å². The second kappa shape index (κ2) is 12.8. The van der Waals surface area contributed by atoms with E-state index < -0.39 is 17.4 Å². The third kappa shape index (κ3) is 8.51. The highest BCUT2D eigenvalue weighted by molar-refractivity contribution is 5.89. The third-order valence-electron chi connectivity index (χ3n) is 4.88. The molecule has 0 aliphatic heterocycles. The molecule has 0 aliphatic carbocycles. The highest BCUT2D eigenvalue weighted by atomic mass is 19.4. The van der Waals surface area contributed by atoms with Gasteiger partial charge in [-0.15, -0.1) is 0 Å². The summed E-state index contributed by atoms with van der Waals surface area (Å²) >= 11 is 0. The molecule has 38 heavy (non-hydrogen) atoms. The number of alkyl halides is 3. The summed E-state index contributed by atoms with van der Waals surface area (Å²) in [7, 11) is 1.49. The van der Waals surface area contributed by atoms with Crippen molar-refractivity contribution in [1.29, 1.82) is 0 Å². The number of anilines is 2. The zero-order chi connectivity index (χ0) is 28.7. The van der Waals surface area contributed by atoms with E-state index in [1.807, 2.05) is 12.1 Å². The zero-order valence-electron chi connectivity index (χ0n) is 23.2. The van der Waals surface area contributed by atoms with Gasteiger partial charge < -0.3 is 15.8 Å². The zero-order valence-corrected chi connectivity index (χ0v) is 23.2. The molecule has 3 N–H and O–H groups in total. The first-order valence-corrected chi connectivity index (χ1v) is 12.3. The van der Waals surface area contributed by atoms with Gasteiger partial charge in [0.25, 0.3) is 0 Å². The number of aromatic nitrogens is 4. The highest BCUT2D eigenvalue weighted by Gasteiger charge is 2.34. The van der Waals surface area contributed by atoms with Gasteiger partial charge in [-0.25, -0.2) is 15.0 Å². The minimum atomic E-state index is -4.63. The summed E-state index contributed by atoms with van der Waals surface area (Å²) in [5, 5.41) is 3.71. The predicted molar refractivity (Wildman–Crippen MR) is 147 cm³/mol. The Morgan fingerprint density at radius 2 is 1.71 bits per heavy atom. The van der Waals surface area contributed by atoms with Crippen LogP contribution >= 0.6 is 0 Å². The van der Waals surface area contributed by atoms with Crippen LogP contribution in [0.1, 0.15) is 65.7 Å². The Bertz CT molecular complexity index is 1270. The largest absolute Gasteiger partial charge is 0.418 e.